The number of aromatic carboxylic acids is 2. The zero-order valence-corrected chi connectivity index (χ0v) is 20.4. The van der Waals surface area contributed by atoms with Crippen LogP contribution in [0.3, 0.4) is 0 Å². The van der Waals surface area contributed by atoms with Gasteiger partial charge in [-0.3, -0.25) is 0 Å². The maximum absolute atomic E-state index is 11.9. The predicted octanol–water partition coefficient (Wildman–Crippen LogP) is 5.37. The fraction of sp³-hybridized carbons (Fsp3) is 0.0286. The highest BCUT2D eigenvalue weighted by atomic mass is 16.4. The minimum Gasteiger partial charge on any atom is -0.478 e. The molecule has 0 bridgehead atoms. The topological polar surface area (TPSA) is 74.6 Å². The minimum atomic E-state index is -1.10. The number of carbonyl (C=O) groups is 2. The molecule has 4 heteroatoms. The molecule has 4 aromatic carbocycles. The second kappa shape index (κ2) is 9.18. The Morgan fingerprint density at radius 3 is 1.26 bits per heavy atom. The normalized spacial score (nSPS) is 12.1. The minimum absolute atomic E-state index is 0.0650. The highest BCUT2D eigenvalue weighted by molar-refractivity contribution is 5.96. The summed E-state index contributed by atoms with van der Waals surface area (Å²) in [6.07, 6.45) is 23.0. The van der Waals surface area contributed by atoms with Crippen LogP contribution in [-0.2, 0) is 5.41 Å². The van der Waals surface area contributed by atoms with Crippen molar-refractivity contribution in [3.05, 3.63) is 128 Å². The molecule has 1 aliphatic carbocycles. The zero-order valence-electron chi connectivity index (χ0n) is 20.4. The molecule has 0 aliphatic heterocycles. The molecule has 0 atom stereocenters. The van der Waals surface area contributed by atoms with E-state index < -0.39 is 17.4 Å². The molecule has 0 amide bonds. The van der Waals surface area contributed by atoms with Crippen LogP contribution in [0.5, 0.6) is 0 Å². The van der Waals surface area contributed by atoms with Gasteiger partial charge >= 0.3 is 11.9 Å². The average molecular weight is 503 g/mol. The number of carboxylic acid groups (broad SMARTS) is 2. The monoisotopic (exact) mass is 502 g/mol. The van der Waals surface area contributed by atoms with Crippen molar-refractivity contribution in [3.8, 4) is 60.5 Å². The molecule has 2 N–H and O–H groups in total. The highest BCUT2D eigenvalue weighted by Gasteiger charge is 2.47. The van der Waals surface area contributed by atoms with Gasteiger partial charge in [0.25, 0.3) is 0 Å². The maximum atomic E-state index is 11.9. The van der Waals surface area contributed by atoms with Gasteiger partial charge in [-0.25, -0.2) is 9.59 Å². The first-order valence-electron chi connectivity index (χ1n) is 11.7. The summed E-state index contributed by atoms with van der Waals surface area (Å²) in [5.74, 6) is 8.32. The Bertz CT molecular complexity index is 1770. The molecule has 182 valence electrons. The lowest BCUT2D eigenvalue weighted by Gasteiger charge is -2.34. The van der Waals surface area contributed by atoms with E-state index in [-0.39, 0.29) is 11.1 Å². The third kappa shape index (κ3) is 3.57. The summed E-state index contributed by atoms with van der Waals surface area (Å²) in [4.78, 5) is 23.8. The zero-order chi connectivity index (χ0) is 27.9. The molecule has 4 nitrogen and oxygen atoms in total. The lowest BCUT2D eigenvalue weighted by Crippen LogP contribution is -2.29. The van der Waals surface area contributed by atoms with Crippen molar-refractivity contribution in [2.24, 2.45) is 0 Å². The van der Waals surface area contributed by atoms with Crippen molar-refractivity contribution in [1.82, 2.24) is 0 Å². The van der Waals surface area contributed by atoms with Crippen molar-refractivity contribution in [3.63, 3.8) is 0 Å². The number of terminal acetylenes is 4. The van der Waals surface area contributed by atoms with Crippen LogP contribution in [0.1, 0.15) is 65.2 Å². The van der Waals surface area contributed by atoms with Crippen LogP contribution >= 0.6 is 0 Å². The smallest absolute Gasteiger partial charge is 0.335 e. The van der Waals surface area contributed by atoms with Crippen LogP contribution in [0.4, 0.5) is 0 Å². The van der Waals surface area contributed by atoms with Gasteiger partial charge in [-0.2, -0.15) is 0 Å². The van der Waals surface area contributed by atoms with Crippen molar-refractivity contribution in [2.45, 2.75) is 5.41 Å². The summed E-state index contributed by atoms with van der Waals surface area (Å²) in [7, 11) is 0. The van der Waals surface area contributed by atoms with Gasteiger partial charge in [0.2, 0.25) is 0 Å². The third-order valence-corrected chi connectivity index (χ3v) is 7.16. The molecule has 0 saturated heterocycles. The lowest BCUT2D eigenvalue weighted by atomic mass is 9.66. The van der Waals surface area contributed by atoms with Gasteiger partial charge in [0.1, 0.15) is 0 Å². The van der Waals surface area contributed by atoms with E-state index in [1.807, 2.05) is 24.3 Å². The first-order valence-corrected chi connectivity index (χ1v) is 11.7. The fourth-order valence-electron chi connectivity index (χ4n) is 5.43. The number of hydrogen-bond acceptors (Lipinski definition) is 2. The molecule has 4 aromatic rings. The first-order chi connectivity index (χ1) is 18.8. The van der Waals surface area contributed by atoms with Crippen molar-refractivity contribution in [2.75, 3.05) is 0 Å². The number of hydrogen-bond donors (Lipinski definition) is 2. The molecule has 0 aromatic heterocycles. The van der Waals surface area contributed by atoms with Gasteiger partial charge < -0.3 is 10.2 Å². The molecule has 0 unspecified atom stereocenters. The van der Waals surface area contributed by atoms with Gasteiger partial charge in [0.05, 0.1) is 16.5 Å². The molecule has 39 heavy (non-hydrogen) atoms. The van der Waals surface area contributed by atoms with E-state index >= 15 is 0 Å². The molecule has 0 heterocycles. The highest BCUT2D eigenvalue weighted by Crippen LogP contribution is 2.56. The summed E-state index contributed by atoms with van der Waals surface area (Å²) in [5, 5.41) is 19.5. The van der Waals surface area contributed by atoms with Crippen LogP contribution in [0.15, 0.2) is 72.8 Å². The summed E-state index contributed by atoms with van der Waals surface area (Å²) in [6.45, 7) is 0. The van der Waals surface area contributed by atoms with Crippen LogP contribution in [-0.4, -0.2) is 22.2 Å². The molecular formula is C35H18O4. The van der Waals surface area contributed by atoms with Crippen LogP contribution in [0, 0.1) is 49.4 Å². The summed E-state index contributed by atoms with van der Waals surface area (Å²) < 4.78 is 0. The van der Waals surface area contributed by atoms with Crippen LogP contribution in [0.2, 0.25) is 0 Å². The number of carboxylic acids is 2. The van der Waals surface area contributed by atoms with Crippen LogP contribution < -0.4 is 0 Å². The van der Waals surface area contributed by atoms with Gasteiger partial charge in [-0.1, -0.05) is 47.9 Å². The average Bonchev–Trinajstić information content (AvgIpc) is 3.26. The van der Waals surface area contributed by atoms with Gasteiger partial charge in [-0.15, -0.1) is 25.7 Å². The van der Waals surface area contributed by atoms with Gasteiger partial charge in [0.15, 0.2) is 0 Å². The Hall–Kier alpha value is -5.94. The van der Waals surface area contributed by atoms with Gasteiger partial charge in [0, 0.05) is 22.3 Å². The SMILES string of the molecule is C#Cc1ccc(C2(c3ccc(C#C)c(C#C)c3)c3ccc(C(=O)O)cc3-c3cc(C(=O)O)ccc32)cc1C#C. The molecule has 1 aliphatic rings. The molecule has 0 radical (unpaired) electrons. The summed E-state index contributed by atoms with van der Waals surface area (Å²) >= 11 is 0. The second-order valence-corrected chi connectivity index (χ2v) is 8.98. The Morgan fingerprint density at radius 1 is 0.538 bits per heavy atom. The molecule has 0 saturated carbocycles. The Kier molecular flexibility index (Phi) is 5.82. The Morgan fingerprint density at radius 2 is 0.923 bits per heavy atom. The molecule has 0 spiro atoms. The number of rotatable bonds is 4. The molecule has 0 fully saturated rings. The summed E-state index contributed by atoms with van der Waals surface area (Å²) in [6, 6.07) is 20.6. The number of fused-ring (bicyclic) bond motifs is 3. The fourth-order valence-corrected chi connectivity index (χ4v) is 5.43. The summed E-state index contributed by atoms with van der Waals surface area (Å²) in [5.41, 5.74) is 5.32. The lowest BCUT2D eigenvalue weighted by molar-refractivity contribution is 0.0686. The van der Waals surface area contributed by atoms with Gasteiger partial charge in [-0.05, 0) is 81.9 Å². The van der Waals surface area contributed by atoms with Crippen molar-refractivity contribution >= 4 is 11.9 Å². The Balaban J connectivity index is 2.00. The number of benzene rings is 4. The van der Waals surface area contributed by atoms with E-state index in [9.17, 15) is 19.8 Å². The van der Waals surface area contributed by atoms with Crippen LogP contribution in [0.25, 0.3) is 11.1 Å². The van der Waals surface area contributed by atoms with Crippen molar-refractivity contribution in [1.29, 1.82) is 0 Å². The van der Waals surface area contributed by atoms with E-state index in [2.05, 4.69) is 23.7 Å². The van der Waals surface area contributed by atoms with E-state index in [0.717, 1.165) is 22.3 Å². The third-order valence-electron chi connectivity index (χ3n) is 7.16. The second-order valence-electron chi connectivity index (χ2n) is 8.98. The van der Waals surface area contributed by atoms with E-state index in [4.69, 9.17) is 25.7 Å². The maximum Gasteiger partial charge on any atom is 0.335 e. The standard InChI is InChI=1S/C35H18O4/c1-5-21-9-13-27(17-23(21)7-3)35(28-14-10-22(6-2)24(8-4)18-28)31-15-11-25(33(36)37)19-29(31)30-20-26(34(38)39)12-16-32(30)35/h1-4,9-20H,(H,36,37)(H,38,39). The largest absolute Gasteiger partial charge is 0.478 e. The van der Waals surface area contributed by atoms with Crippen molar-refractivity contribution < 1.29 is 19.8 Å². The van der Waals surface area contributed by atoms with E-state index in [1.54, 1.807) is 36.4 Å². The molecular weight excluding hydrogens is 484 g/mol. The first kappa shape index (κ1) is 24.7. The van der Waals surface area contributed by atoms with E-state index in [1.165, 1.54) is 12.1 Å². The van der Waals surface area contributed by atoms with E-state index in [0.29, 0.717) is 33.4 Å². The quantitative estimate of drug-likeness (QED) is 0.324. The predicted molar refractivity (Wildman–Crippen MR) is 149 cm³/mol. The molecule has 5 rings (SSSR count). The Labute approximate surface area is 226 Å².